The number of rotatable bonds is 3. The molecule has 2 N–H and O–H groups in total. The van der Waals surface area contributed by atoms with Gasteiger partial charge in [0.1, 0.15) is 5.75 Å². The Morgan fingerprint density at radius 1 is 1.35 bits per heavy atom. The van der Waals surface area contributed by atoms with Gasteiger partial charge in [-0.1, -0.05) is 16.8 Å². The summed E-state index contributed by atoms with van der Waals surface area (Å²) < 4.78 is 1.33. The molecule has 0 saturated heterocycles. The van der Waals surface area contributed by atoms with Gasteiger partial charge in [0.05, 0.1) is 17.8 Å². The van der Waals surface area contributed by atoms with Crippen molar-refractivity contribution in [2.75, 3.05) is 0 Å². The number of aromatic nitrogens is 3. The number of halogens is 1. The van der Waals surface area contributed by atoms with Gasteiger partial charge < -0.3 is 10.2 Å². The van der Waals surface area contributed by atoms with Crippen LogP contribution in [-0.4, -0.2) is 31.2 Å². The molecule has 0 aliphatic rings. The molecule has 7 heteroatoms. The number of phenolic OH excluding ortho intramolecular Hbond substituents is 1. The van der Waals surface area contributed by atoms with Gasteiger partial charge in [-0.3, -0.25) is 4.79 Å². The van der Waals surface area contributed by atoms with Gasteiger partial charge in [0.15, 0.2) is 5.15 Å². The first-order chi connectivity index (χ1) is 8.08. The molecule has 0 aliphatic carbocycles. The predicted octanol–water partition coefficient (Wildman–Crippen LogP) is 1.25. The average molecular weight is 254 g/mol. The number of aromatic hydroxyl groups is 1. The van der Waals surface area contributed by atoms with E-state index in [4.69, 9.17) is 21.8 Å². The summed E-state index contributed by atoms with van der Waals surface area (Å²) >= 11 is 5.76. The summed E-state index contributed by atoms with van der Waals surface area (Å²) in [6.07, 6.45) is -0.271. The van der Waals surface area contributed by atoms with E-state index >= 15 is 0 Å². The second kappa shape index (κ2) is 4.42. The molecule has 0 radical (unpaired) electrons. The van der Waals surface area contributed by atoms with Gasteiger partial charge >= 0.3 is 5.97 Å². The lowest BCUT2D eigenvalue weighted by molar-refractivity contribution is -0.136. The van der Waals surface area contributed by atoms with Crippen LogP contribution in [-0.2, 0) is 11.2 Å². The SMILES string of the molecule is O=C(O)Cc1c(Cl)nnn1-c1ccc(O)cc1. The smallest absolute Gasteiger partial charge is 0.309 e. The molecule has 0 aliphatic heterocycles. The van der Waals surface area contributed by atoms with Crippen LogP contribution >= 0.6 is 11.6 Å². The Labute approximate surface area is 101 Å². The van der Waals surface area contributed by atoms with Crippen molar-refractivity contribution in [1.29, 1.82) is 0 Å². The van der Waals surface area contributed by atoms with Crippen molar-refractivity contribution in [3.05, 3.63) is 35.1 Å². The maximum atomic E-state index is 10.7. The van der Waals surface area contributed by atoms with E-state index in [0.717, 1.165) is 0 Å². The fourth-order valence-electron chi connectivity index (χ4n) is 1.38. The van der Waals surface area contributed by atoms with Crippen LogP contribution in [0.15, 0.2) is 24.3 Å². The lowest BCUT2D eigenvalue weighted by Crippen LogP contribution is -2.08. The van der Waals surface area contributed by atoms with Crippen LogP contribution in [0.4, 0.5) is 0 Å². The molecule has 0 unspecified atom stereocenters. The lowest BCUT2D eigenvalue weighted by atomic mass is 10.2. The minimum atomic E-state index is -1.02. The summed E-state index contributed by atoms with van der Waals surface area (Å²) in [6, 6.07) is 6.11. The molecule has 0 atom stereocenters. The maximum Gasteiger partial charge on any atom is 0.309 e. The molecule has 88 valence electrons. The van der Waals surface area contributed by atoms with E-state index in [1.54, 1.807) is 12.1 Å². The zero-order valence-electron chi connectivity index (χ0n) is 8.54. The lowest BCUT2D eigenvalue weighted by Gasteiger charge is -2.04. The minimum Gasteiger partial charge on any atom is -0.508 e. The number of benzene rings is 1. The number of carboxylic acid groups (broad SMARTS) is 1. The topological polar surface area (TPSA) is 88.2 Å². The van der Waals surface area contributed by atoms with Gasteiger partial charge in [0.25, 0.3) is 0 Å². The molecule has 0 saturated carbocycles. The third kappa shape index (κ3) is 2.36. The molecule has 2 rings (SSSR count). The van der Waals surface area contributed by atoms with Gasteiger partial charge in [-0.15, -0.1) is 5.10 Å². The molecule has 0 fully saturated rings. The Morgan fingerprint density at radius 3 is 2.59 bits per heavy atom. The Kier molecular flexibility index (Phi) is 2.97. The first-order valence-corrected chi connectivity index (χ1v) is 5.07. The highest BCUT2D eigenvalue weighted by molar-refractivity contribution is 6.30. The molecule has 1 aromatic heterocycles. The van der Waals surface area contributed by atoms with E-state index in [1.165, 1.54) is 16.8 Å². The van der Waals surface area contributed by atoms with Crippen molar-refractivity contribution < 1.29 is 15.0 Å². The van der Waals surface area contributed by atoms with Crippen LogP contribution in [0.5, 0.6) is 5.75 Å². The second-order valence-electron chi connectivity index (χ2n) is 3.33. The Balaban J connectivity index is 2.45. The fourth-order valence-corrected chi connectivity index (χ4v) is 1.56. The first kappa shape index (κ1) is 11.4. The van der Waals surface area contributed by atoms with Crippen LogP contribution < -0.4 is 0 Å². The molecular formula is C10H8ClN3O3. The number of nitrogens with zero attached hydrogens (tertiary/aromatic N) is 3. The molecule has 2 aromatic rings. The number of carbonyl (C=O) groups is 1. The van der Waals surface area contributed by atoms with Crippen molar-refractivity contribution in [2.24, 2.45) is 0 Å². The summed E-state index contributed by atoms with van der Waals surface area (Å²) in [5.74, 6) is -0.908. The van der Waals surface area contributed by atoms with E-state index in [0.29, 0.717) is 11.4 Å². The van der Waals surface area contributed by atoms with E-state index < -0.39 is 5.97 Å². The standard InChI is InChI=1S/C10H8ClN3O3/c11-10-8(5-9(16)17)14(13-12-10)6-1-3-7(15)4-2-6/h1-4,15H,5H2,(H,16,17). The van der Waals surface area contributed by atoms with Crippen LogP contribution in [0.3, 0.4) is 0 Å². The molecule has 0 amide bonds. The zero-order valence-corrected chi connectivity index (χ0v) is 9.29. The van der Waals surface area contributed by atoms with Gasteiger partial charge in [-0.2, -0.15) is 0 Å². The molecule has 0 bridgehead atoms. The van der Waals surface area contributed by atoms with E-state index in [2.05, 4.69) is 10.3 Å². The summed E-state index contributed by atoms with van der Waals surface area (Å²) in [7, 11) is 0. The third-order valence-corrected chi connectivity index (χ3v) is 2.42. The average Bonchev–Trinajstić information content (AvgIpc) is 2.61. The quantitative estimate of drug-likeness (QED) is 0.860. The minimum absolute atomic E-state index is 0.0560. The number of carboxylic acids is 1. The van der Waals surface area contributed by atoms with Crippen LogP contribution in [0.1, 0.15) is 5.69 Å². The van der Waals surface area contributed by atoms with E-state index in [1.807, 2.05) is 0 Å². The van der Waals surface area contributed by atoms with Gasteiger partial charge in [0.2, 0.25) is 0 Å². The first-order valence-electron chi connectivity index (χ1n) is 4.69. The molecule has 1 heterocycles. The number of hydrogen-bond acceptors (Lipinski definition) is 4. The number of phenols is 1. The predicted molar refractivity (Wildman–Crippen MR) is 59.4 cm³/mol. The highest BCUT2D eigenvalue weighted by Gasteiger charge is 2.15. The Bertz CT molecular complexity index is 550. The van der Waals surface area contributed by atoms with E-state index in [-0.39, 0.29) is 17.3 Å². The molecule has 1 aromatic carbocycles. The zero-order chi connectivity index (χ0) is 12.4. The largest absolute Gasteiger partial charge is 0.508 e. The fraction of sp³-hybridized carbons (Fsp3) is 0.100. The molecule has 17 heavy (non-hydrogen) atoms. The monoisotopic (exact) mass is 253 g/mol. The summed E-state index contributed by atoms with van der Waals surface area (Å²) in [6.45, 7) is 0. The van der Waals surface area contributed by atoms with Crippen molar-refractivity contribution in [1.82, 2.24) is 15.0 Å². The third-order valence-electron chi connectivity index (χ3n) is 2.13. The Morgan fingerprint density at radius 2 is 2.00 bits per heavy atom. The van der Waals surface area contributed by atoms with Gasteiger partial charge in [-0.25, -0.2) is 4.68 Å². The van der Waals surface area contributed by atoms with Crippen molar-refractivity contribution >= 4 is 17.6 Å². The van der Waals surface area contributed by atoms with Crippen LogP contribution in [0.25, 0.3) is 5.69 Å². The number of hydrogen-bond donors (Lipinski definition) is 2. The van der Waals surface area contributed by atoms with Gasteiger partial charge in [-0.05, 0) is 24.3 Å². The summed E-state index contributed by atoms with van der Waals surface area (Å²) in [5.41, 5.74) is 0.878. The van der Waals surface area contributed by atoms with Crippen molar-refractivity contribution in [3.8, 4) is 11.4 Å². The van der Waals surface area contributed by atoms with E-state index in [9.17, 15) is 4.79 Å². The normalized spacial score (nSPS) is 10.4. The highest BCUT2D eigenvalue weighted by Crippen LogP contribution is 2.19. The summed E-state index contributed by atoms with van der Waals surface area (Å²) in [5, 5.41) is 25.4. The van der Waals surface area contributed by atoms with Gasteiger partial charge in [0, 0.05) is 0 Å². The molecular weight excluding hydrogens is 246 g/mol. The van der Waals surface area contributed by atoms with Crippen LogP contribution in [0.2, 0.25) is 5.15 Å². The maximum absolute atomic E-state index is 10.7. The van der Waals surface area contributed by atoms with Crippen LogP contribution in [0, 0.1) is 0 Å². The van der Waals surface area contributed by atoms with Crippen molar-refractivity contribution in [3.63, 3.8) is 0 Å². The molecule has 0 spiro atoms. The molecule has 6 nitrogen and oxygen atoms in total. The second-order valence-corrected chi connectivity index (χ2v) is 3.68. The number of aliphatic carboxylic acids is 1. The Hall–Kier alpha value is -2.08. The van der Waals surface area contributed by atoms with Crippen molar-refractivity contribution in [2.45, 2.75) is 6.42 Å². The highest BCUT2D eigenvalue weighted by atomic mass is 35.5. The summed E-state index contributed by atoms with van der Waals surface area (Å²) in [4.78, 5) is 10.7.